The Morgan fingerprint density at radius 1 is 1.19 bits per heavy atom. The second-order valence-corrected chi connectivity index (χ2v) is 5.07. The van der Waals surface area contributed by atoms with Crippen LogP contribution in [-0.2, 0) is 9.59 Å². The van der Waals surface area contributed by atoms with Gasteiger partial charge in [0, 0.05) is 30.8 Å². The Morgan fingerprint density at radius 2 is 1.76 bits per heavy atom. The highest BCUT2D eigenvalue weighted by molar-refractivity contribution is 5.81. The first kappa shape index (κ1) is 15.2. The lowest BCUT2D eigenvalue weighted by atomic mass is 9.96. The van der Waals surface area contributed by atoms with E-state index in [-0.39, 0.29) is 30.0 Å². The first-order chi connectivity index (χ1) is 9.95. The summed E-state index contributed by atoms with van der Waals surface area (Å²) in [6, 6.07) is 3.01. The summed E-state index contributed by atoms with van der Waals surface area (Å²) in [6.45, 7) is 0.876. The van der Waals surface area contributed by atoms with E-state index in [0.29, 0.717) is 25.9 Å². The average molecular weight is 297 g/mol. The van der Waals surface area contributed by atoms with Crippen LogP contribution in [0, 0.1) is 17.6 Å². The van der Waals surface area contributed by atoms with Crippen LogP contribution in [0.2, 0.25) is 0 Å². The van der Waals surface area contributed by atoms with Crippen LogP contribution in [0.25, 0.3) is 0 Å². The molecule has 7 heteroatoms. The molecule has 0 radical (unpaired) electrons. The van der Waals surface area contributed by atoms with Gasteiger partial charge < -0.3 is 16.0 Å². The van der Waals surface area contributed by atoms with Crippen LogP contribution in [0.3, 0.4) is 0 Å². The first-order valence-corrected chi connectivity index (χ1v) is 6.73. The number of anilines is 1. The van der Waals surface area contributed by atoms with Crippen LogP contribution in [-0.4, -0.2) is 36.3 Å². The highest BCUT2D eigenvalue weighted by Crippen LogP contribution is 2.17. The number of benzene rings is 1. The van der Waals surface area contributed by atoms with Crippen LogP contribution in [0.4, 0.5) is 14.5 Å². The molecule has 0 aromatic heterocycles. The lowest BCUT2D eigenvalue weighted by Gasteiger charge is -2.30. The summed E-state index contributed by atoms with van der Waals surface area (Å²) < 4.78 is 26.0. The Labute approximate surface area is 121 Å². The Bertz CT molecular complexity index is 523. The molecule has 21 heavy (non-hydrogen) atoms. The van der Waals surface area contributed by atoms with Crippen molar-refractivity contribution < 1.29 is 18.4 Å². The lowest BCUT2D eigenvalue weighted by Crippen LogP contribution is -2.43. The van der Waals surface area contributed by atoms with Gasteiger partial charge in [-0.2, -0.15) is 0 Å². The number of primary amides is 1. The molecule has 5 nitrogen and oxygen atoms in total. The molecule has 2 amide bonds. The predicted molar refractivity (Wildman–Crippen MR) is 73.3 cm³/mol. The zero-order chi connectivity index (χ0) is 15.4. The van der Waals surface area contributed by atoms with Gasteiger partial charge in [0.1, 0.15) is 11.6 Å². The van der Waals surface area contributed by atoms with Gasteiger partial charge in [-0.15, -0.1) is 0 Å². The van der Waals surface area contributed by atoms with Crippen molar-refractivity contribution in [3.63, 3.8) is 0 Å². The van der Waals surface area contributed by atoms with E-state index >= 15 is 0 Å². The number of nitrogens with one attached hydrogen (secondary N) is 1. The Kier molecular flexibility index (Phi) is 4.72. The molecule has 1 heterocycles. The maximum atomic E-state index is 13.0. The lowest BCUT2D eigenvalue weighted by molar-refractivity contribution is -0.133. The zero-order valence-corrected chi connectivity index (χ0v) is 11.4. The van der Waals surface area contributed by atoms with Crippen molar-refractivity contribution in [2.45, 2.75) is 12.8 Å². The van der Waals surface area contributed by atoms with Crippen molar-refractivity contribution >= 4 is 17.5 Å². The van der Waals surface area contributed by atoms with E-state index < -0.39 is 11.6 Å². The van der Waals surface area contributed by atoms with E-state index in [1.54, 1.807) is 4.90 Å². The second-order valence-electron chi connectivity index (χ2n) is 5.07. The molecule has 0 aliphatic carbocycles. The summed E-state index contributed by atoms with van der Waals surface area (Å²) in [7, 11) is 0. The van der Waals surface area contributed by atoms with Gasteiger partial charge in [0.25, 0.3) is 0 Å². The zero-order valence-electron chi connectivity index (χ0n) is 11.4. The molecule has 0 bridgehead atoms. The van der Waals surface area contributed by atoms with Crippen molar-refractivity contribution in [3.05, 3.63) is 29.8 Å². The number of carbonyl (C=O) groups is 2. The molecule has 0 unspecified atom stereocenters. The average Bonchev–Trinajstić information content (AvgIpc) is 2.44. The summed E-state index contributed by atoms with van der Waals surface area (Å²) in [5.74, 6) is -2.10. The molecule has 3 N–H and O–H groups in total. The Balaban J connectivity index is 1.84. The van der Waals surface area contributed by atoms with E-state index in [0.717, 1.165) is 18.2 Å². The fraction of sp³-hybridized carbons (Fsp3) is 0.429. The smallest absolute Gasteiger partial charge is 0.241 e. The number of nitrogens with zero attached hydrogens (tertiary/aromatic N) is 1. The third-order valence-corrected chi connectivity index (χ3v) is 3.56. The van der Waals surface area contributed by atoms with Gasteiger partial charge in [-0.1, -0.05) is 0 Å². The highest BCUT2D eigenvalue weighted by Gasteiger charge is 2.25. The minimum Gasteiger partial charge on any atom is -0.376 e. The number of rotatable bonds is 4. The van der Waals surface area contributed by atoms with Gasteiger partial charge in [0.05, 0.1) is 6.54 Å². The van der Waals surface area contributed by atoms with Gasteiger partial charge >= 0.3 is 0 Å². The van der Waals surface area contributed by atoms with E-state index in [1.807, 2.05) is 0 Å². The molecule has 0 spiro atoms. The second kappa shape index (κ2) is 6.51. The molecule has 1 aliphatic heterocycles. The Morgan fingerprint density at radius 3 is 2.29 bits per heavy atom. The Hall–Kier alpha value is -2.18. The molecule has 0 atom stereocenters. The van der Waals surface area contributed by atoms with Crippen LogP contribution in [0.15, 0.2) is 18.2 Å². The number of amides is 2. The normalized spacial score (nSPS) is 15.8. The van der Waals surface area contributed by atoms with Gasteiger partial charge in [0.15, 0.2) is 0 Å². The molecule has 1 saturated heterocycles. The van der Waals surface area contributed by atoms with Gasteiger partial charge in [-0.3, -0.25) is 9.59 Å². The third kappa shape index (κ3) is 4.14. The summed E-state index contributed by atoms with van der Waals surface area (Å²) in [4.78, 5) is 24.6. The molecule has 1 aromatic carbocycles. The third-order valence-electron chi connectivity index (χ3n) is 3.56. The van der Waals surface area contributed by atoms with Crippen LogP contribution < -0.4 is 11.1 Å². The first-order valence-electron chi connectivity index (χ1n) is 6.73. The standard InChI is InChI=1S/C14H17F2N3O2/c15-10-5-11(16)7-12(6-10)18-8-13(20)19-3-1-9(2-4-19)14(17)21/h5-7,9,18H,1-4,8H2,(H2,17,21). The van der Waals surface area contributed by atoms with Crippen molar-refractivity contribution in [1.29, 1.82) is 0 Å². The van der Waals surface area contributed by atoms with E-state index in [1.165, 1.54) is 0 Å². The van der Waals surface area contributed by atoms with Crippen molar-refractivity contribution in [2.75, 3.05) is 25.0 Å². The minimum absolute atomic E-state index is 0.0515. The van der Waals surface area contributed by atoms with Gasteiger partial charge in [0.2, 0.25) is 11.8 Å². The molecule has 1 fully saturated rings. The summed E-state index contributed by atoms with van der Waals surface area (Å²) in [5.41, 5.74) is 5.44. The molecular weight excluding hydrogens is 280 g/mol. The monoisotopic (exact) mass is 297 g/mol. The summed E-state index contributed by atoms with van der Waals surface area (Å²) >= 11 is 0. The predicted octanol–water partition coefficient (Wildman–Crippen LogP) is 1.10. The van der Waals surface area contributed by atoms with E-state index in [9.17, 15) is 18.4 Å². The van der Waals surface area contributed by atoms with Crippen molar-refractivity contribution in [2.24, 2.45) is 11.7 Å². The largest absolute Gasteiger partial charge is 0.376 e. The van der Waals surface area contributed by atoms with Crippen LogP contribution >= 0.6 is 0 Å². The number of nitrogens with two attached hydrogens (primary N) is 1. The topological polar surface area (TPSA) is 75.4 Å². The fourth-order valence-corrected chi connectivity index (χ4v) is 2.36. The van der Waals surface area contributed by atoms with Gasteiger partial charge in [-0.05, 0) is 25.0 Å². The van der Waals surface area contributed by atoms with E-state index in [2.05, 4.69) is 5.32 Å². The number of hydrogen-bond donors (Lipinski definition) is 2. The molecule has 1 aliphatic rings. The number of hydrogen-bond acceptors (Lipinski definition) is 3. The molecule has 2 rings (SSSR count). The summed E-state index contributed by atoms with van der Waals surface area (Å²) in [6.07, 6.45) is 1.10. The molecule has 114 valence electrons. The van der Waals surface area contributed by atoms with Crippen molar-refractivity contribution in [3.8, 4) is 0 Å². The minimum atomic E-state index is -0.702. The number of carbonyl (C=O) groups excluding carboxylic acids is 2. The number of halogens is 2. The van der Waals surface area contributed by atoms with E-state index in [4.69, 9.17) is 5.73 Å². The molecule has 0 saturated carbocycles. The summed E-state index contributed by atoms with van der Waals surface area (Å²) in [5, 5.41) is 2.69. The molecule has 1 aromatic rings. The van der Waals surface area contributed by atoms with Crippen LogP contribution in [0.1, 0.15) is 12.8 Å². The number of likely N-dealkylation sites (tertiary alicyclic amines) is 1. The highest BCUT2D eigenvalue weighted by atomic mass is 19.1. The fourth-order valence-electron chi connectivity index (χ4n) is 2.36. The van der Waals surface area contributed by atoms with Crippen molar-refractivity contribution in [1.82, 2.24) is 4.90 Å². The van der Waals surface area contributed by atoms with Gasteiger partial charge in [-0.25, -0.2) is 8.78 Å². The maximum Gasteiger partial charge on any atom is 0.241 e. The van der Waals surface area contributed by atoms with Crippen LogP contribution in [0.5, 0.6) is 0 Å². The SMILES string of the molecule is NC(=O)C1CCN(C(=O)CNc2cc(F)cc(F)c2)CC1. The molecular formula is C14H17F2N3O2. The quantitative estimate of drug-likeness (QED) is 0.874. The number of piperidine rings is 1. The maximum absolute atomic E-state index is 13.0.